The lowest BCUT2D eigenvalue weighted by Crippen LogP contribution is -2.35. The Morgan fingerprint density at radius 1 is 1.17 bits per heavy atom. The standard InChI is InChI=1S/C15H23N3/c1-4-13(12-17-9-1)15-6-3-11-18(15)14-5-2-8-16-10-7-14/h1,4,9,12,14-16H,2-3,5-8,10-11H2. The number of rotatable bonds is 2. The lowest BCUT2D eigenvalue weighted by atomic mass is 10.0. The fraction of sp³-hybridized carbons (Fsp3) is 0.667. The first-order valence-electron chi connectivity index (χ1n) is 7.31. The van der Waals surface area contributed by atoms with E-state index in [0.29, 0.717) is 6.04 Å². The highest BCUT2D eigenvalue weighted by Gasteiger charge is 2.31. The van der Waals surface area contributed by atoms with Crippen LogP contribution in [0.3, 0.4) is 0 Å². The minimum Gasteiger partial charge on any atom is -0.317 e. The van der Waals surface area contributed by atoms with E-state index in [1.807, 2.05) is 6.20 Å². The van der Waals surface area contributed by atoms with E-state index in [4.69, 9.17) is 0 Å². The van der Waals surface area contributed by atoms with Gasteiger partial charge in [-0.05, 0) is 63.4 Å². The molecule has 2 aliphatic rings. The van der Waals surface area contributed by atoms with Crippen LogP contribution in [-0.4, -0.2) is 35.6 Å². The SMILES string of the molecule is c1cncc(C2CCCN2C2CCCNCC2)c1. The van der Waals surface area contributed by atoms with Crippen LogP contribution in [0.2, 0.25) is 0 Å². The minimum atomic E-state index is 0.613. The second kappa shape index (κ2) is 5.81. The zero-order valence-electron chi connectivity index (χ0n) is 11.0. The van der Waals surface area contributed by atoms with Crippen LogP contribution >= 0.6 is 0 Å². The van der Waals surface area contributed by atoms with E-state index in [1.54, 1.807) is 0 Å². The lowest BCUT2D eigenvalue weighted by Gasteiger charge is -2.32. The highest BCUT2D eigenvalue weighted by molar-refractivity contribution is 5.15. The molecule has 2 fully saturated rings. The molecule has 1 N–H and O–H groups in total. The fourth-order valence-corrected chi connectivity index (χ4v) is 3.49. The van der Waals surface area contributed by atoms with E-state index >= 15 is 0 Å². The maximum atomic E-state index is 4.29. The van der Waals surface area contributed by atoms with Crippen LogP contribution in [0.4, 0.5) is 0 Å². The topological polar surface area (TPSA) is 28.2 Å². The van der Waals surface area contributed by atoms with E-state index in [2.05, 4.69) is 33.5 Å². The molecule has 2 saturated heterocycles. The summed E-state index contributed by atoms with van der Waals surface area (Å²) in [4.78, 5) is 7.03. The van der Waals surface area contributed by atoms with Crippen molar-refractivity contribution in [2.75, 3.05) is 19.6 Å². The molecule has 3 heteroatoms. The summed E-state index contributed by atoms with van der Waals surface area (Å²) in [6.45, 7) is 3.65. The van der Waals surface area contributed by atoms with Crippen molar-refractivity contribution < 1.29 is 0 Å². The van der Waals surface area contributed by atoms with Crippen molar-refractivity contribution >= 4 is 0 Å². The minimum absolute atomic E-state index is 0.613. The lowest BCUT2D eigenvalue weighted by molar-refractivity contribution is 0.166. The summed E-state index contributed by atoms with van der Waals surface area (Å²) in [6.07, 6.45) is 10.5. The van der Waals surface area contributed by atoms with Gasteiger partial charge in [0.05, 0.1) is 0 Å². The van der Waals surface area contributed by atoms with Gasteiger partial charge < -0.3 is 5.32 Å². The summed E-state index contributed by atoms with van der Waals surface area (Å²) in [7, 11) is 0. The first-order valence-corrected chi connectivity index (χ1v) is 7.31. The van der Waals surface area contributed by atoms with Crippen molar-refractivity contribution in [1.29, 1.82) is 0 Å². The first kappa shape index (κ1) is 12.1. The van der Waals surface area contributed by atoms with Crippen LogP contribution in [0, 0.1) is 0 Å². The Morgan fingerprint density at radius 2 is 2.17 bits per heavy atom. The summed E-state index contributed by atoms with van der Waals surface area (Å²) >= 11 is 0. The molecule has 1 aromatic rings. The molecule has 0 radical (unpaired) electrons. The predicted octanol–water partition coefficient (Wildman–Crippen LogP) is 2.36. The molecule has 0 spiro atoms. The van der Waals surface area contributed by atoms with Crippen molar-refractivity contribution in [3.8, 4) is 0 Å². The normalized spacial score (nSPS) is 30.2. The molecule has 2 atom stereocenters. The summed E-state index contributed by atoms with van der Waals surface area (Å²) in [6, 6.07) is 5.69. The third-order valence-corrected chi connectivity index (χ3v) is 4.38. The first-order chi connectivity index (χ1) is 8.95. The van der Waals surface area contributed by atoms with Crippen LogP contribution in [0.5, 0.6) is 0 Å². The van der Waals surface area contributed by atoms with Crippen LogP contribution in [0.1, 0.15) is 43.7 Å². The van der Waals surface area contributed by atoms with Gasteiger partial charge in [-0.15, -0.1) is 0 Å². The molecule has 0 aromatic carbocycles. The molecule has 0 saturated carbocycles. The number of aromatic nitrogens is 1. The molecule has 2 unspecified atom stereocenters. The van der Waals surface area contributed by atoms with Crippen LogP contribution in [0.25, 0.3) is 0 Å². The molecule has 3 heterocycles. The number of likely N-dealkylation sites (tertiary alicyclic amines) is 1. The number of hydrogen-bond acceptors (Lipinski definition) is 3. The zero-order valence-corrected chi connectivity index (χ0v) is 11.0. The summed E-state index contributed by atoms with van der Waals surface area (Å²) in [5, 5.41) is 3.52. The van der Waals surface area contributed by atoms with Crippen molar-refractivity contribution in [3.05, 3.63) is 30.1 Å². The van der Waals surface area contributed by atoms with E-state index in [0.717, 1.165) is 6.04 Å². The van der Waals surface area contributed by atoms with E-state index in [1.165, 1.54) is 57.3 Å². The Bertz CT molecular complexity index is 357. The maximum absolute atomic E-state index is 4.29. The maximum Gasteiger partial charge on any atom is 0.0366 e. The Kier molecular flexibility index (Phi) is 3.91. The quantitative estimate of drug-likeness (QED) is 0.867. The third kappa shape index (κ3) is 2.57. The summed E-state index contributed by atoms with van der Waals surface area (Å²) in [5.74, 6) is 0. The molecule has 98 valence electrons. The van der Waals surface area contributed by atoms with Crippen LogP contribution < -0.4 is 5.32 Å². The van der Waals surface area contributed by atoms with Crippen LogP contribution in [0.15, 0.2) is 24.5 Å². The van der Waals surface area contributed by atoms with Gasteiger partial charge in [0.25, 0.3) is 0 Å². The number of pyridine rings is 1. The second-order valence-electron chi connectivity index (χ2n) is 5.52. The number of nitrogens with one attached hydrogen (secondary N) is 1. The van der Waals surface area contributed by atoms with Gasteiger partial charge >= 0.3 is 0 Å². The Balaban J connectivity index is 1.74. The number of hydrogen-bond donors (Lipinski definition) is 1. The predicted molar refractivity (Wildman–Crippen MR) is 73.4 cm³/mol. The Hall–Kier alpha value is -0.930. The van der Waals surface area contributed by atoms with Gasteiger partial charge in [0.15, 0.2) is 0 Å². The highest BCUT2D eigenvalue weighted by atomic mass is 15.2. The van der Waals surface area contributed by atoms with Crippen LogP contribution in [-0.2, 0) is 0 Å². The molecule has 0 aliphatic carbocycles. The Morgan fingerprint density at radius 3 is 3.06 bits per heavy atom. The fourth-order valence-electron chi connectivity index (χ4n) is 3.49. The monoisotopic (exact) mass is 245 g/mol. The summed E-state index contributed by atoms with van der Waals surface area (Å²) < 4.78 is 0. The second-order valence-corrected chi connectivity index (χ2v) is 5.52. The highest BCUT2D eigenvalue weighted by Crippen LogP contribution is 2.35. The van der Waals surface area contributed by atoms with Gasteiger partial charge in [0.1, 0.15) is 0 Å². The Labute approximate surface area is 110 Å². The molecule has 3 nitrogen and oxygen atoms in total. The molecule has 0 amide bonds. The molecule has 1 aromatic heterocycles. The molecule has 2 aliphatic heterocycles. The molecule has 0 bridgehead atoms. The van der Waals surface area contributed by atoms with Gasteiger partial charge in [0.2, 0.25) is 0 Å². The average molecular weight is 245 g/mol. The van der Waals surface area contributed by atoms with Crippen molar-refractivity contribution in [1.82, 2.24) is 15.2 Å². The van der Waals surface area contributed by atoms with Gasteiger partial charge in [-0.3, -0.25) is 9.88 Å². The van der Waals surface area contributed by atoms with Gasteiger partial charge in [-0.25, -0.2) is 0 Å². The van der Waals surface area contributed by atoms with E-state index < -0.39 is 0 Å². The van der Waals surface area contributed by atoms with E-state index in [9.17, 15) is 0 Å². The average Bonchev–Trinajstić information content (AvgIpc) is 2.75. The molecular formula is C15H23N3. The number of nitrogens with zero attached hydrogens (tertiary/aromatic N) is 2. The smallest absolute Gasteiger partial charge is 0.0366 e. The summed E-state index contributed by atoms with van der Waals surface area (Å²) in [5.41, 5.74) is 1.41. The van der Waals surface area contributed by atoms with Gasteiger partial charge in [0, 0.05) is 24.5 Å². The van der Waals surface area contributed by atoms with Gasteiger partial charge in [-0.2, -0.15) is 0 Å². The molecular weight excluding hydrogens is 222 g/mol. The zero-order chi connectivity index (χ0) is 12.2. The molecule has 18 heavy (non-hydrogen) atoms. The molecule has 3 rings (SSSR count). The van der Waals surface area contributed by atoms with Crippen molar-refractivity contribution in [2.24, 2.45) is 0 Å². The third-order valence-electron chi connectivity index (χ3n) is 4.38. The largest absolute Gasteiger partial charge is 0.317 e. The van der Waals surface area contributed by atoms with Crippen molar-refractivity contribution in [2.45, 2.75) is 44.2 Å². The van der Waals surface area contributed by atoms with E-state index in [-0.39, 0.29) is 0 Å². The van der Waals surface area contributed by atoms with Gasteiger partial charge in [-0.1, -0.05) is 6.07 Å². The van der Waals surface area contributed by atoms with Crippen molar-refractivity contribution in [3.63, 3.8) is 0 Å².